The Hall–Kier alpha value is -2.82. The molecule has 5 nitrogen and oxygen atoms in total. The molecule has 0 heterocycles. The Bertz CT molecular complexity index is 693. The van der Waals surface area contributed by atoms with E-state index < -0.39 is 5.97 Å². The van der Waals surface area contributed by atoms with Crippen molar-refractivity contribution in [2.45, 2.75) is 26.7 Å². The van der Waals surface area contributed by atoms with E-state index in [0.29, 0.717) is 13.0 Å². The average Bonchev–Trinajstić information content (AvgIpc) is 2.61. The highest BCUT2D eigenvalue weighted by Crippen LogP contribution is 2.19. The van der Waals surface area contributed by atoms with Gasteiger partial charge in [0, 0.05) is 12.1 Å². The first-order chi connectivity index (χ1) is 12.1. The second-order valence-corrected chi connectivity index (χ2v) is 5.74. The first kappa shape index (κ1) is 18.5. The van der Waals surface area contributed by atoms with E-state index in [-0.39, 0.29) is 18.9 Å². The second-order valence-electron chi connectivity index (χ2n) is 5.74. The molecule has 0 radical (unpaired) electrons. The highest BCUT2D eigenvalue weighted by Gasteiger charge is 2.10. The first-order valence-electron chi connectivity index (χ1n) is 8.26. The van der Waals surface area contributed by atoms with Crippen molar-refractivity contribution in [1.29, 1.82) is 0 Å². The quantitative estimate of drug-likeness (QED) is 0.588. The summed E-state index contributed by atoms with van der Waals surface area (Å²) in [5.74, 6) is 0.0171. The first-order valence-corrected chi connectivity index (χ1v) is 8.26. The number of carbonyl (C=O) groups excluding carboxylic acids is 2. The molecule has 1 N–H and O–H groups in total. The number of esters is 1. The minimum Gasteiger partial charge on any atom is -0.494 e. The molecule has 0 saturated carbocycles. The fraction of sp³-hybridized carbons (Fsp3) is 0.300. The maximum absolute atomic E-state index is 11.9. The van der Waals surface area contributed by atoms with Gasteiger partial charge in [-0.25, -0.2) is 0 Å². The SMILES string of the molecule is Cc1cccc(C)c1NC(=O)COC(=O)CCCOc1ccccc1. The van der Waals surface area contributed by atoms with Gasteiger partial charge in [0.25, 0.3) is 5.91 Å². The number of anilines is 1. The molecule has 5 heteroatoms. The van der Waals surface area contributed by atoms with Crippen LogP contribution in [0.1, 0.15) is 24.0 Å². The molecule has 2 rings (SSSR count). The van der Waals surface area contributed by atoms with Crippen LogP contribution in [-0.4, -0.2) is 25.1 Å². The van der Waals surface area contributed by atoms with Crippen LogP contribution in [0.3, 0.4) is 0 Å². The Morgan fingerprint density at radius 1 is 0.960 bits per heavy atom. The van der Waals surface area contributed by atoms with Crippen LogP contribution in [-0.2, 0) is 14.3 Å². The van der Waals surface area contributed by atoms with Gasteiger partial charge in [0.1, 0.15) is 5.75 Å². The monoisotopic (exact) mass is 341 g/mol. The van der Waals surface area contributed by atoms with Crippen LogP contribution in [0.5, 0.6) is 5.75 Å². The summed E-state index contributed by atoms with van der Waals surface area (Å²) < 4.78 is 10.5. The molecule has 0 aliphatic rings. The molecule has 2 aromatic carbocycles. The lowest BCUT2D eigenvalue weighted by atomic mass is 10.1. The van der Waals surface area contributed by atoms with E-state index in [0.717, 1.165) is 22.6 Å². The molecular weight excluding hydrogens is 318 g/mol. The predicted molar refractivity (Wildman–Crippen MR) is 96.7 cm³/mol. The number of para-hydroxylation sites is 2. The van der Waals surface area contributed by atoms with Crippen molar-refractivity contribution in [3.05, 3.63) is 59.7 Å². The van der Waals surface area contributed by atoms with Gasteiger partial charge in [-0.05, 0) is 43.5 Å². The maximum Gasteiger partial charge on any atom is 0.306 e. The summed E-state index contributed by atoms with van der Waals surface area (Å²) in [6.07, 6.45) is 0.746. The summed E-state index contributed by atoms with van der Waals surface area (Å²) in [6, 6.07) is 15.2. The maximum atomic E-state index is 11.9. The number of rotatable bonds is 8. The van der Waals surface area contributed by atoms with Crippen LogP contribution >= 0.6 is 0 Å². The molecule has 0 spiro atoms. The van der Waals surface area contributed by atoms with Crippen molar-refractivity contribution < 1.29 is 19.1 Å². The van der Waals surface area contributed by atoms with Crippen molar-refractivity contribution in [2.24, 2.45) is 0 Å². The molecule has 25 heavy (non-hydrogen) atoms. The molecule has 0 bridgehead atoms. The van der Waals surface area contributed by atoms with Crippen LogP contribution in [0.15, 0.2) is 48.5 Å². The lowest BCUT2D eigenvalue weighted by molar-refractivity contribution is -0.147. The van der Waals surface area contributed by atoms with Crippen LogP contribution in [0.2, 0.25) is 0 Å². The highest BCUT2D eigenvalue weighted by molar-refractivity contribution is 5.94. The molecule has 132 valence electrons. The van der Waals surface area contributed by atoms with Crippen LogP contribution in [0.4, 0.5) is 5.69 Å². The fourth-order valence-corrected chi connectivity index (χ4v) is 2.33. The number of carbonyl (C=O) groups is 2. The van der Waals surface area contributed by atoms with Crippen LogP contribution in [0.25, 0.3) is 0 Å². The van der Waals surface area contributed by atoms with Gasteiger partial charge >= 0.3 is 5.97 Å². The van der Waals surface area contributed by atoms with Crippen LogP contribution in [0, 0.1) is 13.8 Å². The van der Waals surface area contributed by atoms with Crippen molar-refractivity contribution in [3.63, 3.8) is 0 Å². The number of aryl methyl sites for hydroxylation is 2. The molecule has 2 aromatic rings. The lowest BCUT2D eigenvalue weighted by Crippen LogP contribution is -2.22. The number of nitrogens with one attached hydrogen (secondary N) is 1. The Kier molecular flexibility index (Phi) is 7.01. The topological polar surface area (TPSA) is 64.6 Å². The molecule has 0 fully saturated rings. The predicted octanol–water partition coefficient (Wildman–Crippen LogP) is 3.64. The zero-order valence-corrected chi connectivity index (χ0v) is 14.6. The summed E-state index contributed by atoms with van der Waals surface area (Å²) in [6.45, 7) is 3.97. The van der Waals surface area contributed by atoms with Crippen molar-refractivity contribution in [1.82, 2.24) is 0 Å². The van der Waals surface area contributed by atoms with Gasteiger partial charge in [-0.3, -0.25) is 9.59 Å². The molecule has 1 amide bonds. The summed E-state index contributed by atoms with van der Waals surface area (Å²) in [5.41, 5.74) is 2.70. The summed E-state index contributed by atoms with van der Waals surface area (Å²) >= 11 is 0. The smallest absolute Gasteiger partial charge is 0.306 e. The largest absolute Gasteiger partial charge is 0.494 e. The third kappa shape index (κ3) is 6.30. The second kappa shape index (κ2) is 9.47. The van der Waals surface area contributed by atoms with E-state index in [1.807, 2.05) is 62.4 Å². The average molecular weight is 341 g/mol. The summed E-state index contributed by atoms with van der Waals surface area (Å²) in [7, 11) is 0. The zero-order chi connectivity index (χ0) is 18.1. The van der Waals surface area contributed by atoms with Gasteiger partial charge in [0.2, 0.25) is 0 Å². The van der Waals surface area contributed by atoms with Gasteiger partial charge in [-0.15, -0.1) is 0 Å². The third-order valence-electron chi connectivity index (χ3n) is 3.65. The number of ether oxygens (including phenoxy) is 2. The van der Waals surface area contributed by atoms with Gasteiger partial charge in [-0.2, -0.15) is 0 Å². The third-order valence-corrected chi connectivity index (χ3v) is 3.65. The Morgan fingerprint density at radius 3 is 2.32 bits per heavy atom. The minimum atomic E-state index is -0.409. The van der Waals surface area contributed by atoms with E-state index in [2.05, 4.69) is 5.32 Å². The number of hydrogen-bond donors (Lipinski definition) is 1. The lowest BCUT2D eigenvalue weighted by Gasteiger charge is -2.11. The molecule has 0 aromatic heterocycles. The van der Waals surface area contributed by atoms with E-state index in [9.17, 15) is 9.59 Å². The molecule has 0 unspecified atom stereocenters. The standard InChI is InChI=1S/C20H23NO4/c1-15-8-6-9-16(2)20(15)21-18(22)14-25-19(23)12-7-13-24-17-10-4-3-5-11-17/h3-6,8-11H,7,12-14H2,1-2H3,(H,21,22). The fourth-order valence-electron chi connectivity index (χ4n) is 2.33. The molecule has 0 saturated heterocycles. The molecule has 0 atom stereocenters. The number of benzene rings is 2. The van der Waals surface area contributed by atoms with Crippen molar-refractivity contribution in [3.8, 4) is 5.75 Å². The molecule has 0 aliphatic heterocycles. The zero-order valence-electron chi connectivity index (χ0n) is 14.6. The van der Waals surface area contributed by atoms with Gasteiger partial charge in [-0.1, -0.05) is 36.4 Å². The molecular formula is C20H23NO4. The van der Waals surface area contributed by atoms with Gasteiger partial charge in [0.15, 0.2) is 6.61 Å². The number of hydrogen-bond acceptors (Lipinski definition) is 4. The van der Waals surface area contributed by atoms with Gasteiger partial charge < -0.3 is 14.8 Å². The number of amides is 1. The van der Waals surface area contributed by atoms with E-state index >= 15 is 0 Å². The van der Waals surface area contributed by atoms with Crippen molar-refractivity contribution >= 4 is 17.6 Å². The highest BCUT2D eigenvalue weighted by atomic mass is 16.5. The van der Waals surface area contributed by atoms with Crippen LogP contribution < -0.4 is 10.1 Å². The van der Waals surface area contributed by atoms with E-state index in [1.54, 1.807) is 0 Å². The minimum absolute atomic E-state index is 0.212. The molecule has 0 aliphatic carbocycles. The van der Waals surface area contributed by atoms with Crippen molar-refractivity contribution in [2.75, 3.05) is 18.5 Å². The van der Waals surface area contributed by atoms with E-state index in [4.69, 9.17) is 9.47 Å². The Balaban J connectivity index is 1.65. The van der Waals surface area contributed by atoms with E-state index in [1.165, 1.54) is 0 Å². The normalized spacial score (nSPS) is 10.2. The Morgan fingerprint density at radius 2 is 1.64 bits per heavy atom. The Labute approximate surface area is 148 Å². The van der Waals surface area contributed by atoms with Gasteiger partial charge in [0.05, 0.1) is 6.61 Å². The summed E-state index contributed by atoms with van der Waals surface area (Å²) in [4.78, 5) is 23.6. The summed E-state index contributed by atoms with van der Waals surface area (Å²) in [5, 5.41) is 2.78.